The highest BCUT2D eigenvalue weighted by molar-refractivity contribution is 7.90. The molecule has 0 radical (unpaired) electrons. The van der Waals surface area contributed by atoms with Crippen LogP contribution >= 0.6 is 0 Å². The van der Waals surface area contributed by atoms with Crippen molar-refractivity contribution in [3.8, 4) is 0 Å². The number of hydrogen-bond acceptors (Lipinski definition) is 5. The molecule has 0 bridgehead atoms. The van der Waals surface area contributed by atoms with Crippen LogP contribution < -0.4 is 5.69 Å². The fourth-order valence-electron chi connectivity index (χ4n) is 5.28. The number of benzene rings is 1. The average molecular weight is 448 g/mol. The second kappa shape index (κ2) is 8.90. The van der Waals surface area contributed by atoms with Gasteiger partial charge in [0.05, 0.1) is 22.5 Å². The summed E-state index contributed by atoms with van der Waals surface area (Å²) in [7, 11) is -3.33. The van der Waals surface area contributed by atoms with E-state index in [-0.39, 0.29) is 22.5 Å². The van der Waals surface area contributed by atoms with Gasteiger partial charge in [-0.3, -0.25) is 14.3 Å². The number of ketones is 1. The van der Waals surface area contributed by atoms with Gasteiger partial charge in [0.2, 0.25) is 0 Å². The van der Waals surface area contributed by atoms with Crippen molar-refractivity contribution in [2.24, 2.45) is 11.8 Å². The number of H-pyrrole nitrogens is 1. The zero-order valence-corrected chi connectivity index (χ0v) is 19.3. The van der Waals surface area contributed by atoms with E-state index >= 15 is 0 Å². The van der Waals surface area contributed by atoms with Crippen LogP contribution in [0.25, 0.3) is 11.0 Å². The van der Waals surface area contributed by atoms with Gasteiger partial charge in [0.25, 0.3) is 0 Å². The van der Waals surface area contributed by atoms with E-state index in [4.69, 9.17) is 0 Å². The van der Waals surface area contributed by atoms with Crippen LogP contribution in [0, 0.1) is 11.8 Å². The fourth-order valence-corrected chi connectivity index (χ4v) is 5.93. The standard InChI is InChI=1S/C23H33N3O4S/c1-3-16-4-6-17(7-5-16)22(27)15-25-12-10-18(11-13-25)26-21-9-8-19(31(2,29)30)14-20(21)24-23(26)28/h8-9,14,16-18H,3-7,10-13,15H2,1-2H3,(H,24,28). The third kappa shape index (κ3) is 4.80. The number of Topliss-reactive ketones (excluding diaryl/α,β-unsaturated/α-hetero) is 1. The number of carbonyl (C=O) groups is 1. The Morgan fingerprint density at radius 2 is 1.77 bits per heavy atom. The van der Waals surface area contributed by atoms with Crippen molar-refractivity contribution in [2.45, 2.75) is 62.8 Å². The first-order valence-corrected chi connectivity index (χ1v) is 13.3. The summed E-state index contributed by atoms with van der Waals surface area (Å²) in [5.41, 5.74) is 1.08. The van der Waals surface area contributed by atoms with Gasteiger partial charge in [0, 0.05) is 31.3 Å². The summed E-state index contributed by atoms with van der Waals surface area (Å²) in [6.45, 7) is 4.35. The second-order valence-corrected chi connectivity index (χ2v) is 11.4. The van der Waals surface area contributed by atoms with E-state index in [2.05, 4.69) is 16.8 Å². The number of hydrogen-bond donors (Lipinski definition) is 1. The molecule has 1 aromatic carbocycles. The quantitative estimate of drug-likeness (QED) is 0.734. The van der Waals surface area contributed by atoms with Gasteiger partial charge >= 0.3 is 5.69 Å². The number of imidazole rings is 1. The molecule has 8 heteroatoms. The van der Waals surface area contributed by atoms with Crippen molar-refractivity contribution >= 4 is 26.7 Å². The molecular formula is C23H33N3O4S. The summed E-state index contributed by atoms with van der Waals surface area (Å²) in [5, 5.41) is 0. The zero-order valence-electron chi connectivity index (χ0n) is 18.5. The van der Waals surface area contributed by atoms with Gasteiger partial charge in [0.15, 0.2) is 9.84 Å². The lowest BCUT2D eigenvalue weighted by Crippen LogP contribution is -2.41. The SMILES string of the molecule is CCC1CCC(C(=O)CN2CCC(n3c(=O)[nH]c4cc(S(C)(=O)=O)ccc43)CC2)CC1. The number of aromatic amines is 1. The molecule has 0 amide bonds. The zero-order chi connectivity index (χ0) is 22.2. The number of nitrogens with one attached hydrogen (secondary N) is 1. The summed E-state index contributed by atoms with van der Waals surface area (Å²) in [6, 6.07) is 4.86. The normalized spacial score (nSPS) is 23.9. The molecule has 1 aromatic heterocycles. The summed E-state index contributed by atoms with van der Waals surface area (Å²) in [5.74, 6) is 1.40. The smallest absolute Gasteiger partial charge is 0.305 e. The van der Waals surface area contributed by atoms with Gasteiger partial charge in [0.1, 0.15) is 5.78 Å². The predicted molar refractivity (Wildman–Crippen MR) is 121 cm³/mol. The van der Waals surface area contributed by atoms with Gasteiger partial charge in [-0.05, 0) is 62.6 Å². The van der Waals surface area contributed by atoms with Crippen molar-refractivity contribution in [2.75, 3.05) is 25.9 Å². The molecule has 0 atom stereocenters. The highest BCUT2D eigenvalue weighted by Crippen LogP contribution is 2.32. The lowest BCUT2D eigenvalue weighted by Gasteiger charge is -2.34. The number of carbonyl (C=O) groups excluding carboxylic acids is 1. The lowest BCUT2D eigenvalue weighted by molar-refractivity contribution is -0.125. The first-order chi connectivity index (χ1) is 14.8. The molecule has 0 spiro atoms. The number of sulfone groups is 1. The third-order valence-electron chi connectivity index (χ3n) is 7.30. The molecule has 2 fully saturated rings. The number of rotatable bonds is 6. The Balaban J connectivity index is 1.39. The molecule has 7 nitrogen and oxygen atoms in total. The van der Waals surface area contributed by atoms with Gasteiger partial charge < -0.3 is 4.98 Å². The minimum Gasteiger partial charge on any atom is -0.305 e. The molecule has 1 saturated heterocycles. The van der Waals surface area contributed by atoms with Gasteiger partial charge in [-0.15, -0.1) is 0 Å². The van der Waals surface area contributed by atoms with Gasteiger partial charge in [-0.25, -0.2) is 13.2 Å². The van der Waals surface area contributed by atoms with Crippen molar-refractivity contribution in [1.29, 1.82) is 0 Å². The van der Waals surface area contributed by atoms with Crippen molar-refractivity contribution in [3.63, 3.8) is 0 Å². The molecule has 1 saturated carbocycles. The van der Waals surface area contributed by atoms with Crippen LogP contribution in [0.1, 0.15) is 57.9 Å². The molecule has 1 aliphatic carbocycles. The molecule has 2 heterocycles. The molecule has 2 aromatic rings. The van der Waals surface area contributed by atoms with Crippen LogP contribution in [-0.4, -0.2) is 54.5 Å². The third-order valence-corrected chi connectivity index (χ3v) is 8.41. The van der Waals surface area contributed by atoms with Crippen molar-refractivity contribution < 1.29 is 13.2 Å². The van der Waals surface area contributed by atoms with Gasteiger partial charge in [-0.1, -0.05) is 13.3 Å². The first kappa shape index (κ1) is 22.3. The molecule has 170 valence electrons. The summed E-state index contributed by atoms with van der Waals surface area (Å²) in [4.78, 5) is 30.6. The van der Waals surface area contributed by atoms with Crippen molar-refractivity contribution in [1.82, 2.24) is 14.5 Å². The van der Waals surface area contributed by atoms with E-state index in [0.717, 1.165) is 56.5 Å². The van der Waals surface area contributed by atoms with E-state index in [1.54, 1.807) is 16.7 Å². The number of fused-ring (bicyclic) bond motifs is 1. The Morgan fingerprint density at radius 3 is 2.39 bits per heavy atom. The highest BCUT2D eigenvalue weighted by Gasteiger charge is 2.29. The van der Waals surface area contributed by atoms with E-state index < -0.39 is 9.84 Å². The molecular weight excluding hydrogens is 414 g/mol. The van der Waals surface area contributed by atoms with E-state index in [1.165, 1.54) is 25.3 Å². The Kier molecular flexibility index (Phi) is 6.40. The number of likely N-dealkylation sites (tertiary alicyclic amines) is 1. The maximum absolute atomic E-state index is 12.8. The predicted octanol–water partition coefficient (Wildman–Crippen LogP) is 3.16. The largest absolute Gasteiger partial charge is 0.326 e. The minimum atomic E-state index is -3.33. The number of aromatic nitrogens is 2. The maximum Gasteiger partial charge on any atom is 0.326 e. The monoisotopic (exact) mass is 447 g/mol. The Bertz CT molecular complexity index is 1100. The Labute approximate surface area is 183 Å². The molecule has 4 rings (SSSR count). The van der Waals surface area contributed by atoms with Crippen LogP contribution in [0.3, 0.4) is 0 Å². The molecule has 0 unspecified atom stereocenters. The first-order valence-electron chi connectivity index (χ1n) is 11.5. The highest BCUT2D eigenvalue weighted by atomic mass is 32.2. The van der Waals surface area contributed by atoms with E-state index in [0.29, 0.717) is 17.8 Å². The Hall–Kier alpha value is -1.93. The number of nitrogens with zero attached hydrogens (tertiary/aromatic N) is 2. The minimum absolute atomic E-state index is 0.0525. The molecule has 2 aliphatic rings. The summed E-state index contributed by atoms with van der Waals surface area (Å²) >= 11 is 0. The number of piperidine rings is 1. The van der Waals surface area contributed by atoms with Gasteiger partial charge in [-0.2, -0.15) is 0 Å². The molecule has 1 N–H and O–H groups in total. The van der Waals surface area contributed by atoms with Crippen LogP contribution in [0.15, 0.2) is 27.9 Å². The summed E-state index contributed by atoms with van der Waals surface area (Å²) < 4.78 is 25.4. The van der Waals surface area contributed by atoms with Crippen molar-refractivity contribution in [3.05, 3.63) is 28.7 Å². The second-order valence-electron chi connectivity index (χ2n) is 9.35. The topological polar surface area (TPSA) is 92.2 Å². The van der Waals surface area contributed by atoms with Crippen LogP contribution in [0.5, 0.6) is 0 Å². The molecule has 1 aliphatic heterocycles. The van der Waals surface area contributed by atoms with Crippen LogP contribution in [0.4, 0.5) is 0 Å². The molecule has 31 heavy (non-hydrogen) atoms. The average Bonchev–Trinajstić information content (AvgIpc) is 3.08. The van der Waals surface area contributed by atoms with E-state index in [1.807, 2.05) is 0 Å². The lowest BCUT2D eigenvalue weighted by atomic mass is 9.79. The fraction of sp³-hybridized carbons (Fsp3) is 0.652. The van der Waals surface area contributed by atoms with Crippen LogP contribution in [0.2, 0.25) is 0 Å². The Morgan fingerprint density at radius 1 is 1.10 bits per heavy atom. The maximum atomic E-state index is 12.8. The van der Waals surface area contributed by atoms with E-state index in [9.17, 15) is 18.0 Å². The van der Waals surface area contributed by atoms with Crippen LogP contribution in [-0.2, 0) is 14.6 Å². The summed E-state index contributed by atoms with van der Waals surface area (Å²) in [6.07, 6.45) is 8.42.